The van der Waals surface area contributed by atoms with Crippen LogP contribution in [0.5, 0.6) is 0 Å². The van der Waals surface area contributed by atoms with Gasteiger partial charge < -0.3 is 0 Å². The minimum atomic E-state index is -0.688. The van der Waals surface area contributed by atoms with Crippen LogP contribution >= 0.6 is 15.8 Å². The number of rotatable bonds is 8. The molecule has 2 heteroatoms. The van der Waals surface area contributed by atoms with Gasteiger partial charge in [-0.1, -0.05) is 171 Å². The van der Waals surface area contributed by atoms with E-state index >= 15 is 0 Å². The normalized spacial score (nSPS) is 15.5. The van der Waals surface area contributed by atoms with Crippen LogP contribution in [0.3, 0.4) is 0 Å². The summed E-state index contributed by atoms with van der Waals surface area (Å²) >= 11 is 0. The van der Waals surface area contributed by atoms with Crippen molar-refractivity contribution in [1.29, 1.82) is 0 Å². The van der Waals surface area contributed by atoms with Gasteiger partial charge in [0.05, 0.1) is 0 Å². The van der Waals surface area contributed by atoms with Crippen LogP contribution < -0.4 is 26.5 Å². The lowest BCUT2D eigenvalue weighted by Gasteiger charge is -2.32. The van der Waals surface area contributed by atoms with Crippen molar-refractivity contribution in [2.75, 3.05) is 0 Å². The molecule has 2 unspecified atom stereocenters. The lowest BCUT2D eigenvalue weighted by Crippen LogP contribution is -2.27. The Hall–Kier alpha value is -3.56. The number of hydrogen-bond donors (Lipinski definition) is 0. The minimum absolute atomic E-state index is 0.348. The highest BCUT2D eigenvalue weighted by molar-refractivity contribution is 7.80. The van der Waals surface area contributed by atoms with E-state index in [0.717, 1.165) is 0 Å². The summed E-state index contributed by atoms with van der Waals surface area (Å²) in [4.78, 5) is 0. The van der Waals surface area contributed by atoms with Crippen LogP contribution in [0.25, 0.3) is 5.57 Å². The maximum absolute atomic E-state index is 2.46. The summed E-state index contributed by atoms with van der Waals surface area (Å²) < 4.78 is 0. The molecule has 0 fully saturated rings. The fourth-order valence-corrected chi connectivity index (χ4v) is 10.9. The van der Waals surface area contributed by atoms with Crippen molar-refractivity contribution in [2.24, 2.45) is 5.92 Å². The van der Waals surface area contributed by atoms with Gasteiger partial charge in [0.2, 0.25) is 0 Å². The van der Waals surface area contributed by atoms with E-state index < -0.39 is 15.8 Å². The fraction of sp³-hybridized carbons (Fsp3) is 0.0811. The van der Waals surface area contributed by atoms with Crippen molar-refractivity contribution in [2.45, 2.75) is 12.6 Å². The average molecular weight is 539 g/mol. The summed E-state index contributed by atoms with van der Waals surface area (Å²) in [5.41, 5.74) is 3.27. The molecule has 1 aliphatic rings. The van der Waals surface area contributed by atoms with Crippen LogP contribution in [-0.4, -0.2) is 5.66 Å². The van der Waals surface area contributed by atoms with E-state index in [-0.39, 0.29) is 0 Å². The Morgan fingerprint density at radius 1 is 0.513 bits per heavy atom. The second kappa shape index (κ2) is 12.1. The van der Waals surface area contributed by atoms with Gasteiger partial charge in [-0.15, -0.1) is 0 Å². The van der Waals surface area contributed by atoms with Gasteiger partial charge in [-0.3, -0.25) is 0 Å². The standard InChI is InChI=1S/C37H32P2/c1-29(38(30-17-6-2-7-18-30)31-19-8-3-9-20-31)34-26-16-27-35(34)36-25-14-15-28-37(36)39(32-21-10-4-11-22-32)33-23-12-5-13-24-33/h2-29,34H,1H3. The van der Waals surface area contributed by atoms with Crippen LogP contribution in [-0.2, 0) is 0 Å². The first kappa shape index (κ1) is 25.7. The van der Waals surface area contributed by atoms with E-state index in [1.165, 1.54) is 37.7 Å². The number of benzene rings is 5. The third kappa shape index (κ3) is 5.46. The Labute approximate surface area is 235 Å². The maximum atomic E-state index is 2.46. The fourth-order valence-electron chi connectivity index (χ4n) is 5.63. The smallest absolute Gasteiger partial charge is 0.00982 e. The zero-order valence-electron chi connectivity index (χ0n) is 22.1. The summed E-state index contributed by atoms with van der Waals surface area (Å²) in [5.74, 6) is 0.348. The Morgan fingerprint density at radius 3 is 1.46 bits per heavy atom. The molecular weight excluding hydrogens is 506 g/mol. The second-order valence-electron chi connectivity index (χ2n) is 9.84. The third-order valence-electron chi connectivity index (χ3n) is 7.43. The average Bonchev–Trinajstić information content (AvgIpc) is 3.50. The van der Waals surface area contributed by atoms with Gasteiger partial charge in [0.15, 0.2) is 0 Å². The van der Waals surface area contributed by atoms with E-state index in [9.17, 15) is 0 Å². The van der Waals surface area contributed by atoms with Gasteiger partial charge >= 0.3 is 0 Å². The molecule has 5 aromatic carbocycles. The lowest BCUT2D eigenvalue weighted by atomic mass is 9.93. The highest BCUT2D eigenvalue weighted by Gasteiger charge is 2.32. The first-order valence-corrected chi connectivity index (χ1v) is 16.3. The highest BCUT2D eigenvalue weighted by atomic mass is 31.1. The maximum Gasteiger partial charge on any atom is 0.00982 e. The van der Waals surface area contributed by atoms with Gasteiger partial charge in [-0.2, -0.15) is 0 Å². The third-order valence-corrected chi connectivity index (χ3v) is 12.8. The zero-order valence-corrected chi connectivity index (χ0v) is 23.9. The van der Waals surface area contributed by atoms with Crippen LogP contribution in [0.4, 0.5) is 0 Å². The molecule has 1 aliphatic carbocycles. The first-order chi connectivity index (χ1) is 19.3. The van der Waals surface area contributed by atoms with Crippen LogP contribution in [0, 0.1) is 5.92 Å². The molecule has 0 bridgehead atoms. The predicted octanol–water partition coefficient (Wildman–Crippen LogP) is 7.54. The van der Waals surface area contributed by atoms with Crippen molar-refractivity contribution in [3.63, 3.8) is 0 Å². The Bertz CT molecular complexity index is 1480. The molecule has 0 aliphatic heterocycles. The number of allylic oxidation sites excluding steroid dienone is 4. The molecule has 39 heavy (non-hydrogen) atoms. The quantitative estimate of drug-likeness (QED) is 0.179. The molecule has 0 aromatic heterocycles. The van der Waals surface area contributed by atoms with Gasteiger partial charge in [0.25, 0.3) is 0 Å². The second-order valence-corrected chi connectivity index (χ2v) is 14.6. The van der Waals surface area contributed by atoms with Crippen molar-refractivity contribution < 1.29 is 0 Å². The van der Waals surface area contributed by atoms with Crippen molar-refractivity contribution >= 4 is 47.9 Å². The molecule has 190 valence electrons. The summed E-state index contributed by atoms with van der Waals surface area (Å²) in [6, 6.07) is 53.5. The van der Waals surface area contributed by atoms with E-state index in [0.29, 0.717) is 11.6 Å². The molecule has 0 nitrogen and oxygen atoms in total. The SMILES string of the molecule is CC(C1C=CC=C1c1ccccc1P(c1ccccc1)c1ccccc1)P(c1ccccc1)c1ccccc1. The zero-order chi connectivity index (χ0) is 26.4. The molecule has 2 atom stereocenters. The molecular formula is C37H32P2. The summed E-state index contributed by atoms with van der Waals surface area (Å²) in [6.45, 7) is 2.46. The van der Waals surface area contributed by atoms with E-state index in [4.69, 9.17) is 0 Å². The Morgan fingerprint density at radius 2 is 0.949 bits per heavy atom. The summed E-state index contributed by atoms with van der Waals surface area (Å²) in [7, 11) is -1.23. The van der Waals surface area contributed by atoms with Gasteiger partial charge in [0, 0.05) is 5.92 Å². The van der Waals surface area contributed by atoms with E-state index in [2.05, 4.69) is 171 Å². The predicted molar refractivity (Wildman–Crippen MR) is 174 cm³/mol. The highest BCUT2D eigenvalue weighted by Crippen LogP contribution is 2.49. The van der Waals surface area contributed by atoms with Crippen molar-refractivity contribution in [3.05, 3.63) is 169 Å². The van der Waals surface area contributed by atoms with E-state index in [1.807, 2.05) is 0 Å². The lowest BCUT2D eigenvalue weighted by molar-refractivity contribution is 0.817. The molecule has 0 radical (unpaired) electrons. The summed E-state index contributed by atoms with van der Waals surface area (Å²) in [6.07, 6.45) is 7.09. The molecule has 0 saturated heterocycles. The molecule has 6 rings (SSSR count). The molecule has 0 spiro atoms. The van der Waals surface area contributed by atoms with Crippen LogP contribution in [0.1, 0.15) is 12.5 Å². The molecule has 0 heterocycles. The Balaban J connectivity index is 1.43. The largest absolute Gasteiger partial charge is 0.0763 e. The minimum Gasteiger partial charge on any atom is -0.0763 e. The molecule has 0 saturated carbocycles. The van der Waals surface area contributed by atoms with Gasteiger partial charge in [0.1, 0.15) is 0 Å². The van der Waals surface area contributed by atoms with Crippen molar-refractivity contribution in [1.82, 2.24) is 0 Å². The monoisotopic (exact) mass is 538 g/mol. The van der Waals surface area contributed by atoms with E-state index in [1.54, 1.807) is 0 Å². The van der Waals surface area contributed by atoms with Crippen LogP contribution in [0.2, 0.25) is 0 Å². The van der Waals surface area contributed by atoms with Crippen molar-refractivity contribution in [3.8, 4) is 0 Å². The van der Waals surface area contributed by atoms with Crippen LogP contribution in [0.15, 0.2) is 164 Å². The van der Waals surface area contributed by atoms with Gasteiger partial charge in [-0.25, -0.2) is 0 Å². The summed E-state index contributed by atoms with van der Waals surface area (Å²) in [5, 5.41) is 7.09. The molecule has 0 amide bonds. The molecule has 0 N–H and O–H groups in total. The first-order valence-electron chi connectivity index (χ1n) is 13.6. The molecule has 5 aromatic rings. The number of hydrogen-bond acceptors (Lipinski definition) is 0. The topological polar surface area (TPSA) is 0 Å². The Kier molecular flexibility index (Phi) is 7.97. The van der Waals surface area contributed by atoms with Gasteiger partial charge in [-0.05, 0) is 59.2 Å².